The van der Waals surface area contributed by atoms with Crippen molar-refractivity contribution in [2.75, 3.05) is 26.1 Å². The van der Waals surface area contributed by atoms with Gasteiger partial charge in [0.05, 0.1) is 13.7 Å². The van der Waals surface area contributed by atoms with Crippen LogP contribution in [0.15, 0.2) is 18.2 Å². The number of esters is 1. The van der Waals surface area contributed by atoms with E-state index >= 15 is 0 Å². The van der Waals surface area contributed by atoms with Gasteiger partial charge in [-0.05, 0) is 38.0 Å². The summed E-state index contributed by atoms with van der Waals surface area (Å²) in [4.78, 5) is 24.7. The van der Waals surface area contributed by atoms with Gasteiger partial charge in [-0.15, -0.1) is 0 Å². The number of methoxy groups -OCH3 is 2. The maximum atomic E-state index is 12.7. The van der Waals surface area contributed by atoms with Gasteiger partial charge in [-0.3, -0.25) is 4.79 Å². The molecular weight excluding hydrogens is 310 g/mol. The number of amides is 1. The maximum Gasteiger partial charge on any atom is 0.341 e. The fraction of sp³-hybridized carbons (Fsp3) is 0.556. The summed E-state index contributed by atoms with van der Waals surface area (Å²) in [5, 5.41) is 2.86. The van der Waals surface area contributed by atoms with Crippen LogP contribution in [0.5, 0.6) is 5.75 Å². The summed E-state index contributed by atoms with van der Waals surface area (Å²) in [6.45, 7) is 2.01. The smallest absolute Gasteiger partial charge is 0.341 e. The van der Waals surface area contributed by atoms with Crippen LogP contribution >= 0.6 is 0 Å². The summed E-state index contributed by atoms with van der Waals surface area (Å²) in [5.41, 5.74) is 0.0144. The van der Waals surface area contributed by atoms with E-state index in [9.17, 15) is 9.59 Å². The van der Waals surface area contributed by atoms with Crippen molar-refractivity contribution in [1.29, 1.82) is 0 Å². The summed E-state index contributed by atoms with van der Waals surface area (Å²) in [6, 6.07) is 4.91. The average Bonchev–Trinajstić information content (AvgIpc) is 2.62. The van der Waals surface area contributed by atoms with E-state index in [4.69, 9.17) is 14.2 Å². The molecule has 0 saturated heterocycles. The summed E-state index contributed by atoms with van der Waals surface area (Å²) in [5.74, 6) is -0.250. The first kappa shape index (κ1) is 18.3. The molecule has 0 unspecified atom stereocenters. The molecule has 0 aromatic heterocycles. The van der Waals surface area contributed by atoms with Gasteiger partial charge in [-0.1, -0.05) is 19.3 Å². The lowest BCUT2D eigenvalue weighted by atomic mass is 9.84. The van der Waals surface area contributed by atoms with Gasteiger partial charge in [0.15, 0.2) is 0 Å². The Morgan fingerprint density at radius 3 is 2.46 bits per heavy atom. The Morgan fingerprint density at radius 1 is 1.17 bits per heavy atom. The summed E-state index contributed by atoms with van der Waals surface area (Å²) >= 11 is 0. The molecular formula is C18H25NO5. The van der Waals surface area contributed by atoms with Gasteiger partial charge in [-0.25, -0.2) is 4.79 Å². The van der Waals surface area contributed by atoms with Crippen molar-refractivity contribution >= 4 is 17.6 Å². The Morgan fingerprint density at radius 2 is 1.88 bits per heavy atom. The Hall–Kier alpha value is -2.08. The first-order chi connectivity index (χ1) is 11.6. The van der Waals surface area contributed by atoms with Gasteiger partial charge >= 0.3 is 5.97 Å². The fourth-order valence-electron chi connectivity index (χ4n) is 3.05. The van der Waals surface area contributed by atoms with Crippen molar-refractivity contribution in [3.63, 3.8) is 0 Å². The quantitative estimate of drug-likeness (QED) is 0.808. The third-order valence-corrected chi connectivity index (χ3v) is 4.42. The number of ether oxygens (including phenoxy) is 3. The molecule has 2 rings (SSSR count). The maximum absolute atomic E-state index is 12.7. The van der Waals surface area contributed by atoms with E-state index < -0.39 is 11.6 Å². The van der Waals surface area contributed by atoms with E-state index in [1.54, 1.807) is 32.2 Å². The lowest BCUT2D eigenvalue weighted by molar-refractivity contribution is -0.141. The van der Waals surface area contributed by atoms with Crippen molar-refractivity contribution in [3.8, 4) is 5.75 Å². The standard InChI is InChI=1S/C18H25NO5/c1-4-24-16(20)14-12-13(8-9-15(14)22-2)19-17(21)18(23-3)10-6-5-7-11-18/h8-9,12H,4-7,10-11H2,1-3H3,(H,19,21). The molecule has 6 nitrogen and oxygen atoms in total. The van der Waals surface area contributed by atoms with Crippen molar-refractivity contribution in [2.24, 2.45) is 0 Å². The second kappa shape index (κ2) is 8.15. The molecule has 1 aliphatic rings. The minimum atomic E-state index is -0.789. The molecule has 24 heavy (non-hydrogen) atoms. The second-order valence-corrected chi connectivity index (χ2v) is 5.85. The van der Waals surface area contributed by atoms with Crippen molar-refractivity contribution in [3.05, 3.63) is 23.8 Å². The van der Waals surface area contributed by atoms with Gasteiger partial charge in [0.2, 0.25) is 0 Å². The third kappa shape index (κ3) is 3.87. The lowest BCUT2D eigenvalue weighted by Crippen LogP contribution is -2.46. The first-order valence-corrected chi connectivity index (χ1v) is 8.28. The number of carbonyl (C=O) groups is 2. The summed E-state index contributed by atoms with van der Waals surface area (Å²) in [6.07, 6.45) is 4.47. The van der Waals surface area contributed by atoms with E-state index in [0.29, 0.717) is 24.3 Å². The molecule has 0 aliphatic heterocycles. The highest BCUT2D eigenvalue weighted by atomic mass is 16.5. The number of hydrogen-bond donors (Lipinski definition) is 1. The van der Waals surface area contributed by atoms with Crippen molar-refractivity contribution in [2.45, 2.75) is 44.6 Å². The Bertz CT molecular complexity index is 593. The van der Waals surface area contributed by atoms with Gasteiger partial charge in [-0.2, -0.15) is 0 Å². The SMILES string of the molecule is CCOC(=O)c1cc(NC(=O)C2(OC)CCCCC2)ccc1OC. The minimum absolute atomic E-state index is 0.176. The summed E-state index contributed by atoms with van der Waals surface area (Å²) < 4.78 is 15.8. The van der Waals surface area contributed by atoms with Crippen LogP contribution in [0, 0.1) is 0 Å². The number of nitrogens with one attached hydrogen (secondary N) is 1. The van der Waals surface area contributed by atoms with Crippen LogP contribution in [-0.2, 0) is 14.3 Å². The molecule has 1 aliphatic carbocycles. The Labute approximate surface area is 142 Å². The zero-order valence-corrected chi connectivity index (χ0v) is 14.5. The lowest BCUT2D eigenvalue weighted by Gasteiger charge is -2.34. The number of carbonyl (C=O) groups excluding carboxylic acids is 2. The highest BCUT2D eigenvalue weighted by molar-refractivity contribution is 5.99. The molecule has 0 bridgehead atoms. The largest absolute Gasteiger partial charge is 0.496 e. The number of rotatable bonds is 6. The molecule has 1 saturated carbocycles. The molecule has 1 aromatic carbocycles. The zero-order chi connectivity index (χ0) is 17.6. The fourth-order valence-corrected chi connectivity index (χ4v) is 3.05. The third-order valence-electron chi connectivity index (χ3n) is 4.42. The van der Waals surface area contributed by atoms with Crippen molar-refractivity contribution < 1.29 is 23.8 Å². The van der Waals surface area contributed by atoms with E-state index in [-0.39, 0.29) is 18.1 Å². The molecule has 1 fully saturated rings. The van der Waals surface area contributed by atoms with E-state index in [2.05, 4.69) is 5.32 Å². The molecule has 6 heteroatoms. The Kier molecular flexibility index (Phi) is 6.20. The van der Waals surface area contributed by atoms with Crippen LogP contribution in [0.4, 0.5) is 5.69 Å². The topological polar surface area (TPSA) is 73.9 Å². The monoisotopic (exact) mass is 335 g/mol. The van der Waals surface area contributed by atoms with Crippen LogP contribution in [0.3, 0.4) is 0 Å². The van der Waals surface area contributed by atoms with Gasteiger partial charge < -0.3 is 19.5 Å². The number of benzene rings is 1. The summed E-state index contributed by atoms with van der Waals surface area (Å²) in [7, 11) is 3.06. The van der Waals surface area contributed by atoms with Gasteiger partial charge in [0.1, 0.15) is 16.9 Å². The van der Waals surface area contributed by atoms with Gasteiger partial charge in [0, 0.05) is 12.8 Å². The van der Waals surface area contributed by atoms with Crippen LogP contribution in [0.25, 0.3) is 0 Å². The highest BCUT2D eigenvalue weighted by Crippen LogP contribution is 2.33. The molecule has 0 radical (unpaired) electrons. The Balaban J connectivity index is 2.21. The van der Waals surface area contributed by atoms with E-state index in [1.165, 1.54) is 7.11 Å². The molecule has 0 spiro atoms. The normalized spacial score (nSPS) is 16.3. The molecule has 0 heterocycles. The van der Waals surface area contributed by atoms with Crippen molar-refractivity contribution in [1.82, 2.24) is 0 Å². The van der Waals surface area contributed by atoms with Crippen LogP contribution < -0.4 is 10.1 Å². The number of hydrogen-bond acceptors (Lipinski definition) is 5. The number of anilines is 1. The predicted octanol–water partition coefficient (Wildman–Crippen LogP) is 3.16. The van der Waals surface area contributed by atoms with Crippen LogP contribution in [0.1, 0.15) is 49.4 Å². The van der Waals surface area contributed by atoms with E-state index in [0.717, 1.165) is 19.3 Å². The molecule has 1 aromatic rings. The highest BCUT2D eigenvalue weighted by Gasteiger charge is 2.39. The molecule has 1 amide bonds. The van der Waals surface area contributed by atoms with E-state index in [1.807, 2.05) is 0 Å². The first-order valence-electron chi connectivity index (χ1n) is 8.28. The van der Waals surface area contributed by atoms with Crippen LogP contribution in [0.2, 0.25) is 0 Å². The molecule has 0 atom stereocenters. The minimum Gasteiger partial charge on any atom is -0.496 e. The average molecular weight is 335 g/mol. The predicted molar refractivity (Wildman–Crippen MR) is 90.4 cm³/mol. The zero-order valence-electron chi connectivity index (χ0n) is 14.5. The van der Waals surface area contributed by atoms with Crippen LogP contribution in [-0.4, -0.2) is 38.3 Å². The second-order valence-electron chi connectivity index (χ2n) is 5.85. The molecule has 132 valence electrons. The molecule has 1 N–H and O–H groups in total. The van der Waals surface area contributed by atoms with Gasteiger partial charge in [0.25, 0.3) is 5.91 Å².